The number of aryl methyl sites for hydroxylation is 2. The van der Waals surface area contributed by atoms with Gasteiger partial charge in [0.25, 0.3) is 5.91 Å². The molecule has 2 amide bonds. The predicted octanol–water partition coefficient (Wildman–Crippen LogP) is 1.64. The lowest BCUT2D eigenvalue weighted by Gasteiger charge is -2.33. The number of methoxy groups -OCH3 is 1. The Balaban J connectivity index is 1.59. The normalized spacial score (nSPS) is 19.7. The van der Waals surface area contributed by atoms with Crippen molar-refractivity contribution in [3.63, 3.8) is 0 Å². The van der Waals surface area contributed by atoms with Gasteiger partial charge >= 0.3 is 0 Å². The summed E-state index contributed by atoms with van der Waals surface area (Å²) in [6.45, 7) is 4.82. The van der Waals surface area contributed by atoms with E-state index in [2.05, 4.69) is 20.7 Å². The standard InChI is InChI=1S/C24H26N6O3/c1-14-20(15(2)29(3)28-14)21-19(6-5-9-25-21)24(23(32)26-13-27-24)12-30-11-16-7-8-17(33-4)10-18(16)22(30)31/h5-10,27H,11-13H2,1-4H3,(H,26,32). The number of benzene rings is 1. The fraction of sp³-hybridized carbons (Fsp3) is 0.333. The third-order valence-corrected chi connectivity index (χ3v) is 6.66. The van der Waals surface area contributed by atoms with Crippen LogP contribution in [0.4, 0.5) is 0 Å². The molecule has 0 bridgehead atoms. The average molecular weight is 447 g/mol. The van der Waals surface area contributed by atoms with Crippen LogP contribution < -0.4 is 15.4 Å². The monoisotopic (exact) mass is 446 g/mol. The van der Waals surface area contributed by atoms with Crippen LogP contribution in [-0.4, -0.2) is 51.8 Å². The zero-order valence-corrected chi connectivity index (χ0v) is 19.1. The molecule has 170 valence electrons. The first kappa shape index (κ1) is 21.1. The van der Waals surface area contributed by atoms with Gasteiger partial charge in [0, 0.05) is 42.2 Å². The van der Waals surface area contributed by atoms with Crippen molar-refractivity contribution in [2.24, 2.45) is 7.05 Å². The van der Waals surface area contributed by atoms with Gasteiger partial charge in [-0.2, -0.15) is 5.10 Å². The molecule has 1 atom stereocenters. The van der Waals surface area contributed by atoms with E-state index in [-0.39, 0.29) is 18.4 Å². The van der Waals surface area contributed by atoms with Crippen LogP contribution >= 0.6 is 0 Å². The highest BCUT2D eigenvalue weighted by molar-refractivity contribution is 6.00. The summed E-state index contributed by atoms with van der Waals surface area (Å²) < 4.78 is 7.10. The summed E-state index contributed by atoms with van der Waals surface area (Å²) in [5.41, 5.74) is 4.48. The van der Waals surface area contributed by atoms with E-state index in [0.717, 1.165) is 28.1 Å². The summed E-state index contributed by atoms with van der Waals surface area (Å²) >= 11 is 0. The van der Waals surface area contributed by atoms with Crippen molar-refractivity contribution in [3.05, 3.63) is 64.6 Å². The molecule has 1 saturated heterocycles. The molecule has 2 N–H and O–H groups in total. The van der Waals surface area contributed by atoms with E-state index < -0.39 is 5.54 Å². The number of fused-ring (bicyclic) bond motifs is 1. The minimum absolute atomic E-state index is 0.121. The Morgan fingerprint density at radius 2 is 2.03 bits per heavy atom. The van der Waals surface area contributed by atoms with Gasteiger partial charge in [-0.3, -0.25) is 24.6 Å². The van der Waals surface area contributed by atoms with Gasteiger partial charge in [-0.1, -0.05) is 12.1 Å². The molecule has 0 aliphatic carbocycles. The van der Waals surface area contributed by atoms with Crippen LogP contribution in [-0.2, 0) is 23.9 Å². The van der Waals surface area contributed by atoms with Gasteiger partial charge in [-0.25, -0.2) is 0 Å². The smallest absolute Gasteiger partial charge is 0.254 e. The van der Waals surface area contributed by atoms with Gasteiger partial charge in [-0.15, -0.1) is 0 Å². The van der Waals surface area contributed by atoms with E-state index in [9.17, 15) is 9.59 Å². The van der Waals surface area contributed by atoms with Crippen LogP contribution in [0.25, 0.3) is 11.3 Å². The number of rotatable bonds is 5. The van der Waals surface area contributed by atoms with Crippen LogP contribution in [0.1, 0.15) is 32.9 Å². The number of carbonyl (C=O) groups excluding carboxylic acids is 2. The summed E-state index contributed by atoms with van der Waals surface area (Å²) in [4.78, 5) is 33.0. The molecular formula is C24H26N6O3. The van der Waals surface area contributed by atoms with Crippen LogP contribution in [0, 0.1) is 13.8 Å². The molecule has 33 heavy (non-hydrogen) atoms. The first-order chi connectivity index (χ1) is 15.9. The fourth-order valence-electron chi connectivity index (χ4n) is 4.88. The Morgan fingerprint density at radius 3 is 2.70 bits per heavy atom. The van der Waals surface area contributed by atoms with Crippen molar-refractivity contribution in [2.75, 3.05) is 20.3 Å². The van der Waals surface area contributed by atoms with Gasteiger partial charge in [-0.05, 0) is 37.6 Å². The molecule has 0 spiro atoms. The van der Waals surface area contributed by atoms with E-state index in [1.807, 2.05) is 49.8 Å². The number of aromatic nitrogens is 3. The molecular weight excluding hydrogens is 420 g/mol. The minimum Gasteiger partial charge on any atom is -0.497 e. The zero-order chi connectivity index (χ0) is 23.3. The number of carbonyl (C=O) groups is 2. The lowest BCUT2D eigenvalue weighted by Crippen LogP contribution is -2.52. The summed E-state index contributed by atoms with van der Waals surface area (Å²) in [5, 5.41) is 10.8. The van der Waals surface area contributed by atoms with E-state index in [1.54, 1.807) is 24.3 Å². The number of hydrogen-bond acceptors (Lipinski definition) is 6. The molecule has 2 aliphatic heterocycles. The maximum atomic E-state index is 13.3. The Kier molecular flexibility index (Phi) is 4.93. The molecule has 9 nitrogen and oxygen atoms in total. The lowest BCUT2D eigenvalue weighted by atomic mass is 9.85. The Labute approximate surface area is 191 Å². The fourth-order valence-corrected chi connectivity index (χ4v) is 4.88. The molecule has 5 rings (SSSR count). The molecule has 0 radical (unpaired) electrons. The highest BCUT2D eigenvalue weighted by Gasteiger charge is 2.49. The number of pyridine rings is 1. The molecule has 2 aliphatic rings. The maximum absolute atomic E-state index is 13.3. The van der Waals surface area contributed by atoms with E-state index in [4.69, 9.17) is 4.74 Å². The highest BCUT2D eigenvalue weighted by Crippen LogP contribution is 2.37. The minimum atomic E-state index is -1.14. The second-order valence-electron chi connectivity index (χ2n) is 8.52. The zero-order valence-electron chi connectivity index (χ0n) is 19.1. The third-order valence-electron chi connectivity index (χ3n) is 6.66. The average Bonchev–Trinajstić information content (AvgIpc) is 3.42. The maximum Gasteiger partial charge on any atom is 0.254 e. The summed E-state index contributed by atoms with van der Waals surface area (Å²) in [5.74, 6) is 0.328. The molecule has 9 heteroatoms. The first-order valence-electron chi connectivity index (χ1n) is 10.8. The summed E-state index contributed by atoms with van der Waals surface area (Å²) in [6.07, 6.45) is 1.72. The summed E-state index contributed by atoms with van der Waals surface area (Å²) in [6, 6.07) is 9.23. The Morgan fingerprint density at radius 1 is 1.21 bits per heavy atom. The number of amides is 2. The SMILES string of the molecule is COc1ccc2c(c1)C(=O)N(CC1(c3cccnc3-c3c(C)nn(C)c3C)NCNC1=O)C2. The van der Waals surface area contributed by atoms with E-state index in [1.165, 1.54) is 0 Å². The van der Waals surface area contributed by atoms with Crippen molar-refractivity contribution < 1.29 is 14.3 Å². The molecule has 1 unspecified atom stereocenters. The van der Waals surface area contributed by atoms with Crippen molar-refractivity contribution >= 4 is 11.8 Å². The number of hydrogen-bond donors (Lipinski definition) is 2. The van der Waals surface area contributed by atoms with Crippen molar-refractivity contribution in [1.29, 1.82) is 0 Å². The quantitative estimate of drug-likeness (QED) is 0.618. The van der Waals surface area contributed by atoms with Crippen LogP contribution in [0.2, 0.25) is 0 Å². The largest absolute Gasteiger partial charge is 0.497 e. The Hall–Kier alpha value is -3.72. The molecule has 1 fully saturated rings. The molecule has 0 saturated carbocycles. The highest BCUT2D eigenvalue weighted by atomic mass is 16.5. The number of ether oxygens (including phenoxy) is 1. The number of nitrogens with zero attached hydrogens (tertiary/aromatic N) is 4. The van der Waals surface area contributed by atoms with Crippen LogP contribution in [0.15, 0.2) is 36.5 Å². The van der Waals surface area contributed by atoms with Gasteiger partial charge in [0.1, 0.15) is 11.3 Å². The number of nitrogens with one attached hydrogen (secondary N) is 2. The van der Waals surface area contributed by atoms with Crippen molar-refractivity contribution in [1.82, 2.24) is 30.3 Å². The van der Waals surface area contributed by atoms with Gasteiger partial charge in [0.2, 0.25) is 5.91 Å². The van der Waals surface area contributed by atoms with E-state index in [0.29, 0.717) is 30.2 Å². The predicted molar refractivity (Wildman–Crippen MR) is 121 cm³/mol. The topological polar surface area (TPSA) is 101 Å². The summed E-state index contributed by atoms with van der Waals surface area (Å²) in [7, 11) is 3.46. The van der Waals surface area contributed by atoms with Crippen LogP contribution in [0.3, 0.4) is 0 Å². The second kappa shape index (κ2) is 7.70. The lowest BCUT2D eigenvalue weighted by molar-refractivity contribution is -0.125. The van der Waals surface area contributed by atoms with Crippen LogP contribution in [0.5, 0.6) is 5.75 Å². The van der Waals surface area contributed by atoms with Gasteiger partial charge in [0.15, 0.2) is 0 Å². The first-order valence-corrected chi connectivity index (χ1v) is 10.8. The van der Waals surface area contributed by atoms with Gasteiger partial charge in [0.05, 0.1) is 31.7 Å². The Bertz CT molecular complexity index is 1280. The molecule has 1 aromatic carbocycles. The van der Waals surface area contributed by atoms with Gasteiger partial charge < -0.3 is 15.0 Å². The third kappa shape index (κ3) is 3.19. The van der Waals surface area contributed by atoms with Crippen molar-refractivity contribution in [2.45, 2.75) is 25.9 Å². The molecule has 3 aromatic rings. The molecule has 2 aromatic heterocycles. The van der Waals surface area contributed by atoms with Crippen molar-refractivity contribution in [3.8, 4) is 17.0 Å². The molecule has 4 heterocycles. The van der Waals surface area contributed by atoms with E-state index >= 15 is 0 Å². The second-order valence-corrected chi connectivity index (χ2v) is 8.52.